The number of nitrogens with zero attached hydrogens (tertiary/aromatic N) is 1. The summed E-state index contributed by atoms with van der Waals surface area (Å²) in [5, 5.41) is 6.10. The predicted octanol–water partition coefficient (Wildman–Crippen LogP) is 4.88. The Kier molecular flexibility index (Phi) is 3.38. The van der Waals surface area contributed by atoms with Crippen molar-refractivity contribution in [3.8, 4) is 11.4 Å². The normalized spacial score (nSPS) is 11.9. The smallest absolute Gasteiger partial charge is 0.140 e. The van der Waals surface area contributed by atoms with Gasteiger partial charge in [0.15, 0.2) is 0 Å². The van der Waals surface area contributed by atoms with Gasteiger partial charge in [-0.3, -0.25) is 0 Å². The first kappa shape index (κ1) is 16.2. The van der Waals surface area contributed by atoms with Crippen molar-refractivity contribution < 1.29 is 0 Å². The number of hydrogen-bond acceptors (Lipinski definition) is 1. The molecule has 4 aromatic carbocycles. The first-order chi connectivity index (χ1) is 13.7. The van der Waals surface area contributed by atoms with E-state index in [1.165, 1.54) is 36.0 Å². The summed E-state index contributed by atoms with van der Waals surface area (Å²) < 4.78 is 1.22. The molecule has 0 saturated carbocycles. The van der Waals surface area contributed by atoms with Crippen LogP contribution >= 0.6 is 22.6 Å². The number of benzene rings is 4. The van der Waals surface area contributed by atoms with Gasteiger partial charge >= 0.3 is 0 Å². The van der Waals surface area contributed by atoms with Crippen LogP contribution in [0, 0.1) is 3.57 Å². The molecule has 0 atom stereocenters. The Labute approximate surface area is 175 Å². The summed E-state index contributed by atoms with van der Waals surface area (Å²) in [6.45, 7) is 0. The van der Waals surface area contributed by atoms with Crippen LogP contribution in [0.25, 0.3) is 54.9 Å². The van der Waals surface area contributed by atoms with Gasteiger partial charge < -0.3 is 9.97 Å². The van der Waals surface area contributed by atoms with E-state index in [2.05, 4.69) is 107 Å². The highest BCUT2D eigenvalue weighted by Gasteiger charge is 2.16. The minimum atomic E-state index is 0.906. The standard InChI is InChI=1S/C23H15BIN3/c24-12-5-8-20-17(9-12)19(11-26-20)23-27-21-16-4-2-1-3-14(16)15-7-6-13(25)10-18(15)22(21)28-23/h1-11,26H,24H2,(H,27,28). The molecule has 28 heavy (non-hydrogen) atoms. The maximum absolute atomic E-state index is 5.06. The first-order valence-corrected chi connectivity index (χ1v) is 10.3. The van der Waals surface area contributed by atoms with Gasteiger partial charge in [-0.05, 0) is 51.6 Å². The maximum Gasteiger partial charge on any atom is 0.140 e. The van der Waals surface area contributed by atoms with Gasteiger partial charge in [-0.1, -0.05) is 47.9 Å². The van der Waals surface area contributed by atoms with E-state index in [0.29, 0.717) is 0 Å². The molecule has 2 aromatic heterocycles. The van der Waals surface area contributed by atoms with E-state index in [-0.39, 0.29) is 0 Å². The number of nitrogens with one attached hydrogen (secondary N) is 2. The number of rotatable bonds is 1. The molecule has 6 rings (SSSR count). The highest BCUT2D eigenvalue weighted by Crippen LogP contribution is 2.37. The average Bonchev–Trinajstić information content (AvgIpc) is 3.32. The molecule has 0 aliphatic heterocycles. The molecule has 0 amide bonds. The van der Waals surface area contributed by atoms with E-state index in [9.17, 15) is 0 Å². The van der Waals surface area contributed by atoms with E-state index in [1.807, 2.05) is 0 Å². The van der Waals surface area contributed by atoms with Gasteiger partial charge in [-0.2, -0.15) is 0 Å². The fourth-order valence-electron chi connectivity index (χ4n) is 4.20. The molecule has 0 fully saturated rings. The number of aromatic amines is 2. The van der Waals surface area contributed by atoms with Gasteiger partial charge in [-0.25, -0.2) is 4.98 Å². The van der Waals surface area contributed by atoms with E-state index >= 15 is 0 Å². The second kappa shape index (κ2) is 5.85. The third kappa shape index (κ3) is 2.26. The molecule has 2 N–H and O–H groups in total. The number of H-pyrrole nitrogens is 2. The van der Waals surface area contributed by atoms with E-state index in [1.54, 1.807) is 0 Å². The topological polar surface area (TPSA) is 44.5 Å². The van der Waals surface area contributed by atoms with Crippen molar-refractivity contribution >= 4 is 79.4 Å². The second-order valence-electron chi connectivity index (χ2n) is 7.30. The lowest BCUT2D eigenvalue weighted by Crippen LogP contribution is -1.99. The highest BCUT2D eigenvalue weighted by atomic mass is 127. The zero-order valence-electron chi connectivity index (χ0n) is 15.2. The van der Waals surface area contributed by atoms with Crippen molar-refractivity contribution in [2.45, 2.75) is 0 Å². The van der Waals surface area contributed by atoms with Crippen molar-refractivity contribution in [1.29, 1.82) is 0 Å². The minimum absolute atomic E-state index is 0.906. The van der Waals surface area contributed by atoms with Crippen LogP contribution < -0.4 is 5.46 Å². The Morgan fingerprint density at radius 1 is 0.821 bits per heavy atom. The van der Waals surface area contributed by atoms with E-state index in [4.69, 9.17) is 4.98 Å². The molecule has 2 heterocycles. The van der Waals surface area contributed by atoms with Gasteiger partial charge in [0, 0.05) is 37.0 Å². The van der Waals surface area contributed by atoms with Crippen LogP contribution in [-0.4, -0.2) is 22.8 Å². The van der Waals surface area contributed by atoms with Gasteiger partial charge in [-0.15, -0.1) is 0 Å². The second-order valence-corrected chi connectivity index (χ2v) is 8.54. The zero-order valence-corrected chi connectivity index (χ0v) is 17.3. The summed E-state index contributed by atoms with van der Waals surface area (Å²) in [6, 6.07) is 21.6. The van der Waals surface area contributed by atoms with Crippen LogP contribution in [0.5, 0.6) is 0 Å². The van der Waals surface area contributed by atoms with E-state index in [0.717, 1.165) is 27.9 Å². The highest BCUT2D eigenvalue weighted by molar-refractivity contribution is 14.1. The molecular weight excluding hydrogens is 456 g/mol. The SMILES string of the molecule is Bc1ccc2[nH]cc(-c3nc4c5ccccc5c5ccc(I)cc5c4[nH]3)c2c1. The third-order valence-corrected chi connectivity index (χ3v) is 6.19. The Morgan fingerprint density at radius 3 is 2.54 bits per heavy atom. The summed E-state index contributed by atoms with van der Waals surface area (Å²) in [4.78, 5) is 12.1. The van der Waals surface area contributed by atoms with Crippen LogP contribution in [0.15, 0.2) is 66.9 Å². The van der Waals surface area contributed by atoms with Crippen LogP contribution in [0.4, 0.5) is 0 Å². The number of aromatic nitrogens is 3. The van der Waals surface area contributed by atoms with Crippen molar-refractivity contribution in [1.82, 2.24) is 15.0 Å². The quantitative estimate of drug-likeness (QED) is 0.201. The first-order valence-electron chi connectivity index (χ1n) is 9.27. The number of halogens is 1. The van der Waals surface area contributed by atoms with Crippen molar-refractivity contribution in [3.05, 3.63) is 70.4 Å². The fraction of sp³-hybridized carbons (Fsp3) is 0. The van der Waals surface area contributed by atoms with Gasteiger partial charge in [0.1, 0.15) is 13.7 Å². The van der Waals surface area contributed by atoms with Crippen LogP contribution in [0.2, 0.25) is 0 Å². The molecule has 0 radical (unpaired) electrons. The molecular formula is C23H15BIN3. The molecule has 0 aliphatic rings. The largest absolute Gasteiger partial charge is 0.360 e. The molecule has 0 saturated heterocycles. The third-order valence-electron chi connectivity index (χ3n) is 5.52. The summed E-state index contributed by atoms with van der Waals surface area (Å²) in [5.74, 6) is 0.906. The van der Waals surface area contributed by atoms with Crippen LogP contribution in [0.3, 0.4) is 0 Å². The lowest BCUT2D eigenvalue weighted by atomic mass is 9.94. The van der Waals surface area contributed by atoms with Crippen molar-refractivity contribution in [2.24, 2.45) is 0 Å². The Morgan fingerprint density at radius 2 is 1.64 bits per heavy atom. The molecule has 3 nitrogen and oxygen atoms in total. The molecule has 0 spiro atoms. The zero-order chi connectivity index (χ0) is 18.8. The van der Waals surface area contributed by atoms with Crippen LogP contribution in [-0.2, 0) is 0 Å². The Hall–Kier alpha value is -2.80. The summed E-state index contributed by atoms with van der Waals surface area (Å²) in [5.41, 5.74) is 5.62. The summed E-state index contributed by atoms with van der Waals surface area (Å²) in [6.07, 6.45) is 2.05. The molecule has 6 aromatic rings. The summed E-state index contributed by atoms with van der Waals surface area (Å²) in [7, 11) is 2.12. The van der Waals surface area contributed by atoms with Crippen LogP contribution in [0.1, 0.15) is 0 Å². The van der Waals surface area contributed by atoms with Gasteiger partial charge in [0.2, 0.25) is 0 Å². The minimum Gasteiger partial charge on any atom is -0.360 e. The summed E-state index contributed by atoms with van der Waals surface area (Å²) >= 11 is 2.38. The fourth-order valence-corrected chi connectivity index (χ4v) is 4.69. The lowest BCUT2D eigenvalue weighted by Gasteiger charge is -2.06. The lowest BCUT2D eigenvalue weighted by molar-refractivity contribution is 1.34. The Bertz CT molecular complexity index is 1540. The molecule has 0 aliphatic carbocycles. The monoisotopic (exact) mass is 471 g/mol. The Balaban J connectivity index is 1.77. The molecule has 5 heteroatoms. The average molecular weight is 471 g/mol. The number of fused-ring (bicyclic) bond motifs is 7. The number of hydrogen-bond donors (Lipinski definition) is 2. The van der Waals surface area contributed by atoms with Crippen molar-refractivity contribution in [3.63, 3.8) is 0 Å². The predicted molar refractivity (Wildman–Crippen MR) is 129 cm³/mol. The van der Waals surface area contributed by atoms with Gasteiger partial charge in [0.25, 0.3) is 0 Å². The number of imidazole rings is 1. The maximum atomic E-state index is 5.06. The molecule has 0 unspecified atom stereocenters. The van der Waals surface area contributed by atoms with E-state index < -0.39 is 0 Å². The molecule has 0 bridgehead atoms. The molecule has 132 valence electrons. The van der Waals surface area contributed by atoms with Gasteiger partial charge in [0.05, 0.1) is 11.0 Å². The van der Waals surface area contributed by atoms with Crippen molar-refractivity contribution in [2.75, 3.05) is 0 Å².